The molecular formula is C15H17BrFN5O. The first kappa shape index (κ1) is 16.1. The van der Waals surface area contributed by atoms with Gasteiger partial charge in [-0.2, -0.15) is 10.1 Å². The molecule has 0 spiro atoms. The van der Waals surface area contributed by atoms with Crippen LogP contribution in [0.2, 0.25) is 0 Å². The third kappa shape index (κ3) is 3.59. The number of halogens is 2. The van der Waals surface area contributed by atoms with E-state index >= 15 is 0 Å². The second-order valence-electron chi connectivity index (χ2n) is 5.52. The first-order valence-electron chi connectivity index (χ1n) is 7.42. The van der Waals surface area contributed by atoms with Crippen molar-refractivity contribution in [2.75, 3.05) is 18.4 Å². The number of piperidine rings is 1. The average Bonchev–Trinajstić information content (AvgIpc) is 2.91. The van der Waals surface area contributed by atoms with Gasteiger partial charge in [-0.05, 0) is 60.1 Å². The molecule has 2 N–H and O–H groups in total. The number of rotatable bonds is 3. The molecule has 0 atom stereocenters. The molecule has 1 fully saturated rings. The number of carbonyl (C=O) groups is 1. The summed E-state index contributed by atoms with van der Waals surface area (Å²) in [6.45, 7) is 1.89. The normalized spacial score (nSPS) is 15.6. The van der Waals surface area contributed by atoms with Crippen LogP contribution < -0.4 is 10.6 Å². The highest BCUT2D eigenvalue weighted by Gasteiger charge is 2.22. The molecule has 1 aromatic carbocycles. The van der Waals surface area contributed by atoms with Gasteiger partial charge in [0.1, 0.15) is 5.82 Å². The molecule has 0 saturated carbocycles. The number of hydrogen-bond donors (Lipinski definition) is 2. The highest BCUT2D eigenvalue weighted by atomic mass is 79.9. The summed E-state index contributed by atoms with van der Waals surface area (Å²) in [6, 6.07) is 3.98. The number of carbonyl (C=O) groups excluding carboxylic acids is 1. The predicted octanol–water partition coefficient (Wildman–Crippen LogP) is 2.44. The van der Waals surface area contributed by atoms with Gasteiger partial charge < -0.3 is 5.32 Å². The van der Waals surface area contributed by atoms with Crippen LogP contribution in [0.15, 0.2) is 22.7 Å². The fraction of sp³-hybridized carbons (Fsp3) is 0.400. The van der Waals surface area contributed by atoms with E-state index in [0.717, 1.165) is 31.8 Å². The molecule has 122 valence electrons. The van der Waals surface area contributed by atoms with E-state index in [1.807, 2.05) is 0 Å². The molecule has 1 aliphatic rings. The number of nitrogens with one attached hydrogen (secondary N) is 2. The summed E-state index contributed by atoms with van der Waals surface area (Å²) in [7, 11) is 1.73. The third-order valence-corrected chi connectivity index (χ3v) is 4.57. The van der Waals surface area contributed by atoms with Crippen molar-refractivity contribution in [2.24, 2.45) is 7.05 Å². The van der Waals surface area contributed by atoms with Crippen LogP contribution in [0.1, 0.15) is 34.9 Å². The van der Waals surface area contributed by atoms with E-state index in [-0.39, 0.29) is 5.56 Å². The molecule has 0 unspecified atom stereocenters. The van der Waals surface area contributed by atoms with Crippen molar-refractivity contribution in [2.45, 2.75) is 18.8 Å². The summed E-state index contributed by atoms with van der Waals surface area (Å²) in [6.07, 6.45) is 1.96. The van der Waals surface area contributed by atoms with E-state index in [4.69, 9.17) is 0 Å². The molecule has 23 heavy (non-hydrogen) atoms. The van der Waals surface area contributed by atoms with Gasteiger partial charge in [0.25, 0.3) is 5.91 Å². The third-order valence-electron chi connectivity index (χ3n) is 3.88. The Kier molecular flexibility index (Phi) is 4.72. The lowest BCUT2D eigenvalue weighted by Gasteiger charge is -2.19. The largest absolute Gasteiger partial charge is 0.317 e. The number of hydrogen-bond acceptors (Lipinski definition) is 4. The smallest absolute Gasteiger partial charge is 0.259 e. The van der Waals surface area contributed by atoms with Gasteiger partial charge in [-0.1, -0.05) is 0 Å². The van der Waals surface area contributed by atoms with Gasteiger partial charge in [-0.3, -0.25) is 10.1 Å². The number of amides is 1. The van der Waals surface area contributed by atoms with E-state index in [0.29, 0.717) is 16.3 Å². The zero-order valence-corrected chi connectivity index (χ0v) is 14.2. The zero-order valence-electron chi connectivity index (χ0n) is 12.6. The van der Waals surface area contributed by atoms with Gasteiger partial charge in [0.05, 0.1) is 5.56 Å². The van der Waals surface area contributed by atoms with E-state index in [2.05, 4.69) is 36.6 Å². The molecular weight excluding hydrogens is 365 g/mol. The zero-order chi connectivity index (χ0) is 16.4. The second-order valence-corrected chi connectivity index (χ2v) is 6.37. The Morgan fingerprint density at radius 2 is 2.17 bits per heavy atom. The van der Waals surface area contributed by atoms with Crippen LogP contribution in [0.25, 0.3) is 0 Å². The maximum Gasteiger partial charge on any atom is 0.259 e. The summed E-state index contributed by atoms with van der Waals surface area (Å²) in [5, 5.41) is 10.4. The topological polar surface area (TPSA) is 71.8 Å². The van der Waals surface area contributed by atoms with Gasteiger partial charge in [0, 0.05) is 17.4 Å². The molecule has 2 aromatic rings. The Balaban J connectivity index is 1.78. The highest BCUT2D eigenvalue weighted by Crippen LogP contribution is 2.24. The minimum atomic E-state index is -0.466. The van der Waals surface area contributed by atoms with Crippen molar-refractivity contribution in [3.8, 4) is 0 Å². The van der Waals surface area contributed by atoms with Crippen LogP contribution in [0.5, 0.6) is 0 Å². The van der Waals surface area contributed by atoms with Crippen LogP contribution in [-0.2, 0) is 7.05 Å². The summed E-state index contributed by atoms with van der Waals surface area (Å²) < 4.78 is 15.4. The van der Waals surface area contributed by atoms with Crippen LogP contribution in [0.4, 0.5) is 10.3 Å². The number of anilines is 1. The van der Waals surface area contributed by atoms with Crippen LogP contribution in [0.3, 0.4) is 0 Å². The fourth-order valence-electron chi connectivity index (χ4n) is 2.61. The molecule has 1 saturated heterocycles. The number of benzene rings is 1. The molecule has 0 radical (unpaired) electrons. The Morgan fingerprint density at radius 3 is 2.91 bits per heavy atom. The van der Waals surface area contributed by atoms with Crippen LogP contribution in [-0.4, -0.2) is 33.8 Å². The Bertz CT molecular complexity index is 727. The molecule has 0 bridgehead atoms. The Hall–Kier alpha value is -1.80. The Morgan fingerprint density at radius 1 is 1.43 bits per heavy atom. The standard InChI is InChI=1S/C15H17BrFN5O/c1-22-15(19-13(21-22)9-4-6-18-7-5-9)20-14(23)11-8-10(17)2-3-12(11)16/h2-3,8-9,18H,4-7H2,1H3,(H,19,20,21,23). The number of nitrogens with zero attached hydrogens (tertiary/aromatic N) is 3. The van der Waals surface area contributed by atoms with Crippen LogP contribution in [0, 0.1) is 5.82 Å². The van der Waals surface area contributed by atoms with Crippen molar-refractivity contribution in [1.82, 2.24) is 20.1 Å². The minimum absolute atomic E-state index is 0.219. The minimum Gasteiger partial charge on any atom is -0.317 e. The van der Waals surface area contributed by atoms with Gasteiger partial charge >= 0.3 is 0 Å². The molecule has 1 aliphatic heterocycles. The van der Waals surface area contributed by atoms with E-state index in [9.17, 15) is 9.18 Å². The lowest BCUT2D eigenvalue weighted by molar-refractivity contribution is 0.102. The summed E-state index contributed by atoms with van der Waals surface area (Å²) in [5.74, 6) is 0.506. The maximum atomic E-state index is 13.3. The van der Waals surface area contributed by atoms with Gasteiger partial charge in [0.2, 0.25) is 5.95 Å². The molecule has 1 aromatic heterocycles. The van der Waals surface area contributed by atoms with E-state index in [1.54, 1.807) is 11.7 Å². The van der Waals surface area contributed by atoms with Gasteiger partial charge in [-0.15, -0.1) is 0 Å². The van der Waals surface area contributed by atoms with Crippen molar-refractivity contribution in [1.29, 1.82) is 0 Å². The molecule has 1 amide bonds. The van der Waals surface area contributed by atoms with Gasteiger partial charge in [0.15, 0.2) is 5.82 Å². The predicted molar refractivity (Wildman–Crippen MR) is 87.9 cm³/mol. The lowest BCUT2D eigenvalue weighted by Crippen LogP contribution is -2.27. The Labute approximate surface area is 141 Å². The van der Waals surface area contributed by atoms with E-state index < -0.39 is 11.7 Å². The van der Waals surface area contributed by atoms with Crippen molar-refractivity contribution < 1.29 is 9.18 Å². The van der Waals surface area contributed by atoms with Crippen molar-refractivity contribution >= 4 is 27.8 Å². The monoisotopic (exact) mass is 381 g/mol. The van der Waals surface area contributed by atoms with E-state index in [1.165, 1.54) is 18.2 Å². The number of aryl methyl sites for hydroxylation is 1. The quantitative estimate of drug-likeness (QED) is 0.856. The van der Waals surface area contributed by atoms with Gasteiger partial charge in [-0.25, -0.2) is 9.07 Å². The second kappa shape index (κ2) is 6.76. The van der Waals surface area contributed by atoms with Crippen molar-refractivity contribution in [3.05, 3.63) is 39.9 Å². The van der Waals surface area contributed by atoms with Crippen LogP contribution >= 0.6 is 15.9 Å². The first-order valence-corrected chi connectivity index (χ1v) is 8.22. The summed E-state index contributed by atoms with van der Waals surface area (Å²) in [5.41, 5.74) is 0.219. The summed E-state index contributed by atoms with van der Waals surface area (Å²) in [4.78, 5) is 16.8. The molecule has 2 heterocycles. The average molecular weight is 382 g/mol. The molecule has 6 nitrogen and oxygen atoms in total. The van der Waals surface area contributed by atoms with Crippen molar-refractivity contribution in [3.63, 3.8) is 0 Å². The fourth-order valence-corrected chi connectivity index (χ4v) is 3.03. The highest BCUT2D eigenvalue weighted by molar-refractivity contribution is 9.10. The molecule has 3 rings (SSSR count). The SMILES string of the molecule is Cn1nc(C2CCNCC2)nc1NC(=O)c1cc(F)ccc1Br. The summed E-state index contributed by atoms with van der Waals surface area (Å²) >= 11 is 3.25. The molecule has 0 aliphatic carbocycles. The maximum absolute atomic E-state index is 13.3. The number of aromatic nitrogens is 3. The molecule has 8 heteroatoms. The lowest BCUT2D eigenvalue weighted by atomic mass is 9.98. The first-order chi connectivity index (χ1) is 11.0.